The molecule has 2 bridgehead atoms. The summed E-state index contributed by atoms with van der Waals surface area (Å²) in [4.78, 5) is 51.7. The second-order valence-electron chi connectivity index (χ2n) is 10.3. The number of anilines is 3. The van der Waals surface area contributed by atoms with Crippen LogP contribution in [-0.4, -0.2) is 81.6 Å². The maximum absolute atomic E-state index is 12.7. The number of nitrogens with zero attached hydrogens (tertiary/aromatic N) is 3. The van der Waals surface area contributed by atoms with Crippen LogP contribution in [0.15, 0.2) is 72.9 Å². The highest BCUT2D eigenvalue weighted by Gasteiger charge is 2.42. The number of rotatable bonds is 5. The Kier molecular flexibility index (Phi) is 12.2. The molecule has 2 atom stereocenters. The largest absolute Gasteiger partial charge is 0.490 e. The molecule has 3 fully saturated rings. The number of nitrogens with one attached hydrogen (secondary N) is 1. The molecule has 0 unspecified atom stereocenters. The number of alkyl halides is 6. The molecule has 0 radical (unpaired) electrons. The topological polar surface area (TPSA) is 175 Å². The number of hydrogen-bond acceptors (Lipinski definition) is 8. The summed E-state index contributed by atoms with van der Waals surface area (Å²) < 4.78 is 69.0. The molecular weight excluding hydrogens is 656 g/mol. The number of nitrogens with two attached hydrogens (primary N) is 1. The van der Waals surface area contributed by atoms with Crippen LogP contribution in [0.4, 0.5) is 48.3 Å². The van der Waals surface area contributed by atoms with Crippen molar-refractivity contribution in [2.45, 2.75) is 43.9 Å². The van der Waals surface area contributed by atoms with E-state index in [-0.39, 0.29) is 30.7 Å². The van der Waals surface area contributed by atoms with Gasteiger partial charge < -0.3 is 35.8 Å². The summed E-state index contributed by atoms with van der Waals surface area (Å²) >= 11 is 0. The van der Waals surface area contributed by atoms with E-state index in [2.05, 4.69) is 15.2 Å². The van der Waals surface area contributed by atoms with Crippen molar-refractivity contribution < 1.29 is 60.5 Å². The monoisotopic (exact) mass is 685 g/mol. The van der Waals surface area contributed by atoms with E-state index in [0.717, 1.165) is 24.2 Å². The maximum atomic E-state index is 12.7. The molecule has 2 aromatic carbocycles. The number of fused-ring (bicyclic) bond motifs is 3. The first-order valence-electron chi connectivity index (χ1n) is 13.9. The SMILES string of the molecule is Nc1ccccc1NC(=O)c1ccc(N2C[C@H]3CC[C@@H]2CN3C(=O)OCc2ccccc2)nc1.O=C(O)C(F)(F)F.O=C(O)C(F)(F)F. The molecule has 258 valence electrons. The molecule has 0 aliphatic carbocycles. The van der Waals surface area contributed by atoms with Crippen LogP contribution in [0, 0.1) is 0 Å². The van der Waals surface area contributed by atoms with Crippen LogP contribution in [0.5, 0.6) is 0 Å². The fourth-order valence-electron chi connectivity index (χ4n) is 4.63. The number of carbonyl (C=O) groups excluding carboxylic acids is 2. The Morgan fingerprint density at radius 1 is 0.833 bits per heavy atom. The normalized spacial score (nSPS) is 16.8. The van der Waals surface area contributed by atoms with E-state index in [1.54, 1.807) is 24.4 Å². The number of para-hydroxylation sites is 2. The summed E-state index contributed by atoms with van der Waals surface area (Å²) in [6.07, 6.45) is -6.92. The fraction of sp³-hybridized carbons (Fsp3) is 0.300. The standard InChI is InChI=1S/C26H27N5O3.2C2HF3O2/c27-22-8-4-5-9-23(22)29-25(32)19-10-13-24(28-14-19)30-15-21-12-11-20(30)16-31(21)26(33)34-17-18-6-2-1-3-7-18;2*3-2(4,5)1(6)7/h1-10,13-14,20-21H,11-12,15-17,27H2,(H,29,32);2*(H,6,7)/t20-,21-;;/m1../s1. The molecule has 3 aromatic rings. The van der Waals surface area contributed by atoms with Crippen molar-refractivity contribution in [2.75, 3.05) is 29.0 Å². The number of piperidine rings is 2. The van der Waals surface area contributed by atoms with E-state index in [1.807, 2.05) is 53.4 Å². The summed E-state index contributed by atoms with van der Waals surface area (Å²) in [5.74, 6) is -4.97. The Bertz CT molecular complexity index is 1550. The number of amides is 2. The predicted molar refractivity (Wildman–Crippen MR) is 158 cm³/mol. The van der Waals surface area contributed by atoms with Crippen LogP contribution in [0.2, 0.25) is 0 Å². The first kappa shape index (κ1) is 36.9. The first-order chi connectivity index (χ1) is 22.5. The number of hydrogen-bond donors (Lipinski definition) is 4. The minimum absolute atomic E-state index is 0.0825. The van der Waals surface area contributed by atoms with Crippen molar-refractivity contribution in [3.8, 4) is 0 Å². The van der Waals surface area contributed by atoms with Gasteiger partial charge in [-0.2, -0.15) is 26.3 Å². The highest BCUT2D eigenvalue weighted by atomic mass is 19.4. The molecule has 4 heterocycles. The predicted octanol–water partition coefficient (Wildman–Crippen LogP) is 5.17. The Labute approximate surface area is 268 Å². The lowest BCUT2D eigenvalue weighted by Crippen LogP contribution is -2.64. The van der Waals surface area contributed by atoms with Gasteiger partial charge in [-0.3, -0.25) is 4.79 Å². The van der Waals surface area contributed by atoms with Gasteiger partial charge in [-0.1, -0.05) is 42.5 Å². The molecule has 2 amide bonds. The van der Waals surface area contributed by atoms with Gasteiger partial charge in [0.1, 0.15) is 12.4 Å². The van der Waals surface area contributed by atoms with Gasteiger partial charge in [-0.05, 0) is 42.7 Å². The molecule has 1 aromatic heterocycles. The fourth-order valence-corrected chi connectivity index (χ4v) is 4.63. The van der Waals surface area contributed by atoms with E-state index in [4.69, 9.17) is 30.3 Å². The summed E-state index contributed by atoms with van der Waals surface area (Å²) in [6.45, 7) is 1.58. The van der Waals surface area contributed by atoms with Gasteiger partial charge in [0.25, 0.3) is 5.91 Å². The zero-order valence-corrected chi connectivity index (χ0v) is 24.7. The molecule has 3 aliphatic rings. The first-order valence-corrected chi connectivity index (χ1v) is 13.9. The highest BCUT2D eigenvalue weighted by molar-refractivity contribution is 6.05. The van der Waals surface area contributed by atoms with E-state index < -0.39 is 24.3 Å². The quantitative estimate of drug-likeness (QED) is 0.207. The van der Waals surface area contributed by atoms with Crippen molar-refractivity contribution in [3.63, 3.8) is 0 Å². The van der Waals surface area contributed by atoms with Crippen molar-refractivity contribution >= 4 is 41.1 Å². The number of aromatic nitrogens is 1. The molecule has 18 heteroatoms. The number of carbonyl (C=O) groups is 4. The lowest BCUT2D eigenvalue weighted by Gasteiger charge is -2.51. The third kappa shape index (κ3) is 10.5. The van der Waals surface area contributed by atoms with Gasteiger partial charge in [0, 0.05) is 25.3 Å². The number of halogens is 6. The van der Waals surface area contributed by atoms with Crippen LogP contribution >= 0.6 is 0 Å². The number of carboxylic acids is 2. The highest BCUT2D eigenvalue weighted by Crippen LogP contribution is 2.32. The lowest BCUT2D eigenvalue weighted by atomic mass is 9.91. The van der Waals surface area contributed by atoms with E-state index in [0.29, 0.717) is 30.0 Å². The minimum atomic E-state index is -5.08. The molecule has 48 heavy (non-hydrogen) atoms. The molecule has 6 rings (SSSR count). The smallest absolute Gasteiger partial charge is 0.475 e. The molecule has 0 saturated carbocycles. The van der Waals surface area contributed by atoms with Crippen LogP contribution < -0.4 is 16.0 Å². The maximum Gasteiger partial charge on any atom is 0.490 e. The number of carboxylic acid groups (broad SMARTS) is 2. The third-order valence-electron chi connectivity index (χ3n) is 6.97. The molecule has 0 spiro atoms. The Hall–Kier alpha value is -5.55. The van der Waals surface area contributed by atoms with Gasteiger partial charge in [0.2, 0.25) is 0 Å². The zero-order valence-electron chi connectivity index (χ0n) is 24.7. The molecule has 5 N–H and O–H groups in total. The van der Waals surface area contributed by atoms with Gasteiger partial charge in [-0.25, -0.2) is 19.4 Å². The summed E-state index contributed by atoms with van der Waals surface area (Å²) in [6, 6.07) is 20.7. The average Bonchev–Trinajstić information content (AvgIpc) is 3.05. The van der Waals surface area contributed by atoms with E-state index in [1.165, 1.54) is 0 Å². The van der Waals surface area contributed by atoms with Gasteiger partial charge >= 0.3 is 30.4 Å². The van der Waals surface area contributed by atoms with Crippen LogP contribution in [-0.2, 0) is 20.9 Å². The summed E-state index contributed by atoms with van der Waals surface area (Å²) in [5, 5.41) is 17.1. The van der Waals surface area contributed by atoms with Crippen molar-refractivity contribution in [1.29, 1.82) is 0 Å². The number of aliphatic carboxylic acids is 2. The number of ether oxygens (including phenoxy) is 1. The van der Waals surface area contributed by atoms with Crippen LogP contribution in [0.1, 0.15) is 28.8 Å². The molecule has 3 aliphatic heterocycles. The summed E-state index contributed by atoms with van der Waals surface area (Å²) in [7, 11) is 0. The van der Waals surface area contributed by atoms with Crippen LogP contribution in [0.3, 0.4) is 0 Å². The zero-order chi connectivity index (χ0) is 35.6. The second kappa shape index (κ2) is 15.8. The molecule has 12 nitrogen and oxygen atoms in total. The summed E-state index contributed by atoms with van der Waals surface area (Å²) in [5.41, 5.74) is 8.43. The number of nitrogen functional groups attached to an aromatic ring is 1. The lowest BCUT2D eigenvalue weighted by molar-refractivity contribution is -0.193. The second-order valence-corrected chi connectivity index (χ2v) is 10.3. The van der Waals surface area contributed by atoms with Gasteiger partial charge in [0.05, 0.1) is 23.0 Å². The number of piperazine rings is 1. The van der Waals surface area contributed by atoms with Crippen molar-refractivity contribution in [2.24, 2.45) is 0 Å². The Balaban J connectivity index is 0.000000376. The van der Waals surface area contributed by atoms with E-state index in [9.17, 15) is 35.9 Å². The van der Waals surface area contributed by atoms with E-state index >= 15 is 0 Å². The third-order valence-corrected chi connectivity index (χ3v) is 6.97. The Morgan fingerprint density at radius 2 is 1.40 bits per heavy atom. The van der Waals surface area contributed by atoms with Crippen LogP contribution in [0.25, 0.3) is 0 Å². The van der Waals surface area contributed by atoms with Crippen molar-refractivity contribution in [3.05, 3.63) is 84.1 Å². The Morgan fingerprint density at radius 3 is 1.90 bits per heavy atom. The number of pyridine rings is 1. The average molecular weight is 686 g/mol. The molecular formula is C30H29F6N5O7. The van der Waals surface area contributed by atoms with Crippen molar-refractivity contribution in [1.82, 2.24) is 9.88 Å². The number of benzene rings is 2. The minimum Gasteiger partial charge on any atom is -0.475 e. The molecule has 3 saturated heterocycles. The van der Waals surface area contributed by atoms with Gasteiger partial charge in [-0.15, -0.1) is 0 Å². The van der Waals surface area contributed by atoms with Gasteiger partial charge in [0.15, 0.2) is 0 Å².